The maximum Gasteiger partial charge on any atom is 0.335 e. The van der Waals surface area contributed by atoms with Crippen molar-refractivity contribution in [3.8, 4) is 0 Å². The lowest BCUT2D eigenvalue weighted by Crippen LogP contribution is -2.47. The summed E-state index contributed by atoms with van der Waals surface area (Å²) in [5.41, 5.74) is 7.99. The molecule has 1 heterocycles. The molecular weight excluding hydrogens is 252 g/mol. The monoisotopic (exact) mass is 274 g/mol. The molecule has 1 aromatic carbocycles. The fraction of sp³-hybridized carbons (Fsp3) is 0.562. The highest BCUT2D eigenvalue weighted by Crippen LogP contribution is 2.39. The minimum Gasteiger partial charge on any atom is -0.478 e. The van der Waals surface area contributed by atoms with E-state index in [1.54, 1.807) is 12.1 Å². The fourth-order valence-corrected chi connectivity index (χ4v) is 3.87. The second kappa shape index (κ2) is 5.35. The molecule has 20 heavy (non-hydrogen) atoms. The first-order valence-corrected chi connectivity index (χ1v) is 7.56. The van der Waals surface area contributed by atoms with Crippen LogP contribution < -0.4 is 10.6 Å². The molecule has 4 nitrogen and oxygen atoms in total. The molecule has 1 aliphatic heterocycles. The Morgan fingerprint density at radius 2 is 1.95 bits per heavy atom. The topological polar surface area (TPSA) is 66.6 Å². The molecule has 1 aliphatic carbocycles. The molecule has 1 aromatic rings. The highest BCUT2D eigenvalue weighted by atomic mass is 16.4. The van der Waals surface area contributed by atoms with Gasteiger partial charge in [0.05, 0.1) is 16.9 Å². The van der Waals surface area contributed by atoms with Crippen molar-refractivity contribution in [1.29, 1.82) is 0 Å². The van der Waals surface area contributed by atoms with Gasteiger partial charge >= 0.3 is 5.97 Å². The van der Waals surface area contributed by atoms with Crippen molar-refractivity contribution >= 4 is 17.3 Å². The molecule has 3 N–H and O–H groups in total. The van der Waals surface area contributed by atoms with Gasteiger partial charge in [-0.2, -0.15) is 0 Å². The third-order valence-electron chi connectivity index (χ3n) is 4.83. The van der Waals surface area contributed by atoms with Gasteiger partial charge < -0.3 is 15.7 Å². The van der Waals surface area contributed by atoms with Gasteiger partial charge in [-0.3, -0.25) is 0 Å². The number of piperidine rings is 1. The van der Waals surface area contributed by atoms with Gasteiger partial charge in [-0.25, -0.2) is 4.79 Å². The van der Waals surface area contributed by atoms with Gasteiger partial charge in [-0.15, -0.1) is 0 Å². The number of anilines is 2. The van der Waals surface area contributed by atoms with E-state index in [2.05, 4.69) is 4.90 Å². The summed E-state index contributed by atoms with van der Waals surface area (Å²) in [6, 6.07) is 5.73. The molecular formula is C16H22N2O2. The normalized spacial score (nSPS) is 26.1. The Kier molecular flexibility index (Phi) is 3.55. The van der Waals surface area contributed by atoms with Crippen molar-refractivity contribution in [1.82, 2.24) is 0 Å². The van der Waals surface area contributed by atoms with Crippen molar-refractivity contribution in [2.75, 3.05) is 17.2 Å². The predicted octanol–water partition coefficient (Wildman–Crippen LogP) is 3.13. The second-order valence-corrected chi connectivity index (χ2v) is 6.03. The smallest absolute Gasteiger partial charge is 0.335 e. The average Bonchev–Trinajstić information content (AvgIpc) is 2.46. The summed E-state index contributed by atoms with van der Waals surface area (Å²) in [6.07, 6.45) is 7.75. The zero-order valence-corrected chi connectivity index (χ0v) is 11.7. The van der Waals surface area contributed by atoms with Crippen LogP contribution in [-0.2, 0) is 0 Å². The zero-order chi connectivity index (χ0) is 14.1. The van der Waals surface area contributed by atoms with Gasteiger partial charge in [-0.05, 0) is 49.8 Å². The number of nitrogens with zero attached hydrogens (tertiary/aromatic N) is 1. The molecule has 1 saturated heterocycles. The molecule has 0 spiro atoms. The molecule has 108 valence electrons. The van der Waals surface area contributed by atoms with Crippen molar-refractivity contribution in [3.05, 3.63) is 23.8 Å². The largest absolute Gasteiger partial charge is 0.478 e. The Morgan fingerprint density at radius 1 is 1.20 bits per heavy atom. The number of carbonyl (C=O) groups is 1. The highest BCUT2D eigenvalue weighted by molar-refractivity contribution is 5.90. The van der Waals surface area contributed by atoms with Crippen LogP contribution in [0.2, 0.25) is 0 Å². The van der Waals surface area contributed by atoms with Crippen LogP contribution in [0.3, 0.4) is 0 Å². The lowest BCUT2D eigenvalue weighted by atomic mass is 9.78. The molecule has 4 heteroatoms. The van der Waals surface area contributed by atoms with E-state index in [1.165, 1.54) is 38.5 Å². The average molecular weight is 274 g/mol. The molecule has 0 bridgehead atoms. The Hall–Kier alpha value is -1.71. The molecule has 0 aromatic heterocycles. The number of hydrogen-bond acceptors (Lipinski definition) is 3. The molecule has 0 radical (unpaired) electrons. The molecule has 2 fully saturated rings. The van der Waals surface area contributed by atoms with E-state index in [1.807, 2.05) is 6.07 Å². The van der Waals surface area contributed by atoms with Crippen LogP contribution in [0.25, 0.3) is 0 Å². The third-order valence-corrected chi connectivity index (χ3v) is 4.83. The van der Waals surface area contributed by atoms with Crippen LogP contribution in [0.1, 0.15) is 48.9 Å². The van der Waals surface area contributed by atoms with E-state index in [0.29, 0.717) is 11.7 Å². The first kappa shape index (κ1) is 13.3. The maximum absolute atomic E-state index is 11.0. The summed E-state index contributed by atoms with van der Waals surface area (Å²) < 4.78 is 0. The summed E-state index contributed by atoms with van der Waals surface area (Å²) in [4.78, 5) is 13.4. The lowest BCUT2D eigenvalue weighted by Gasteiger charge is -2.45. The summed E-state index contributed by atoms with van der Waals surface area (Å²) in [5.74, 6) is -0.131. The van der Waals surface area contributed by atoms with Crippen LogP contribution >= 0.6 is 0 Å². The van der Waals surface area contributed by atoms with Crippen molar-refractivity contribution in [2.45, 2.75) is 44.6 Å². The number of carboxylic acid groups (broad SMARTS) is 1. The Balaban J connectivity index is 1.89. The summed E-state index contributed by atoms with van der Waals surface area (Å²) >= 11 is 0. The first-order valence-electron chi connectivity index (χ1n) is 7.56. The standard InChI is InChI=1S/C16H22N2O2/c17-13-10-12(16(19)20)7-8-15(13)18-9-3-5-11-4-1-2-6-14(11)18/h7-8,10-11,14H,1-6,9,17H2,(H,19,20). The number of rotatable bonds is 2. The van der Waals surface area contributed by atoms with E-state index in [0.717, 1.165) is 18.2 Å². The van der Waals surface area contributed by atoms with Crippen molar-refractivity contribution in [2.24, 2.45) is 5.92 Å². The molecule has 2 atom stereocenters. The van der Waals surface area contributed by atoms with Gasteiger partial charge in [0.2, 0.25) is 0 Å². The van der Waals surface area contributed by atoms with Crippen molar-refractivity contribution in [3.63, 3.8) is 0 Å². The van der Waals surface area contributed by atoms with E-state index >= 15 is 0 Å². The predicted molar refractivity (Wildman–Crippen MR) is 80.1 cm³/mol. The summed E-state index contributed by atoms with van der Waals surface area (Å²) in [6.45, 7) is 1.04. The number of hydrogen-bond donors (Lipinski definition) is 2. The molecule has 2 aliphatic rings. The zero-order valence-electron chi connectivity index (χ0n) is 11.7. The number of carboxylic acids is 1. The van der Waals surface area contributed by atoms with Gasteiger partial charge in [0.25, 0.3) is 0 Å². The van der Waals surface area contributed by atoms with Crippen LogP contribution in [0.4, 0.5) is 11.4 Å². The van der Waals surface area contributed by atoms with Gasteiger partial charge in [0.15, 0.2) is 0 Å². The second-order valence-electron chi connectivity index (χ2n) is 6.03. The van der Waals surface area contributed by atoms with E-state index < -0.39 is 5.97 Å². The number of nitrogen functional groups attached to an aromatic ring is 1. The van der Waals surface area contributed by atoms with Crippen molar-refractivity contribution < 1.29 is 9.90 Å². The number of benzene rings is 1. The number of aromatic carboxylic acids is 1. The third kappa shape index (κ3) is 2.35. The number of nitrogens with two attached hydrogens (primary N) is 1. The minimum absolute atomic E-state index is 0.267. The Morgan fingerprint density at radius 3 is 2.70 bits per heavy atom. The van der Waals surface area contributed by atoms with Crippen LogP contribution in [-0.4, -0.2) is 23.7 Å². The van der Waals surface area contributed by atoms with E-state index in [-0.39, 0.29) is 5.56 Å². The number of fused-ring (bicyclic) bond motifs is 1. The summed E-state index contributed by atoms with van der Waals surface area (Å²) in [7, 11) is 0. The summed E-state index contributed by atoms with van der Waals surface area (Å²) in [5, 5.41) is 9.03. The van der Waals surface area contributed by atoms with Crippen LogP contribution in [0, 0.1) is 5.92 Å². The maximum atomic E-state index is 11.0. The quantitative estimate of drug-likeness (QED) is 0.813. The molecule has 1 saturated carbocycles. The van der Waals surface area contributed by atoms with Gasteiger partial charge in [0.1, 0.15) is 0 Å². The Labute approximate surface area is 119 Å². The molecule has 0 amide bonds. The van der Waals surface area contributed by atoms with Crippen LogP contribution in [0.5, 0.6) is 0 Å². The van der Waals surface area contributed by atoms with Gasteiger partial charge in [0, 0.05) is 12.6 Å². The van der Waals surface area contributed by atoms with Crippen LogP contribution in [0.15, 0.2) is 18.2 Å². The highest BCUT2D eigenvalue weighted by Gasteiger charge is 2.33. The lowest BCUT2D eigenvalue weighted by molar-refractivity contribution is 0.0697. The van der Waals surface area contributed by atoms with E-state index in [4.69, 9.17) is 10.8 Å². The Bertz CT molecular complexity index is 513. The fourth-order valence-electron chi connectivity index (χ4n) is 3.87. The van der Waals surface area contributed by atoms with Gasteiger partial charge in [-0.1, -0.05) is 12.8 Å². The molecule has 3 rings (SSSR count). The molecule has 2 unspecified atom stereocenters. The van der Waals surface area contributed by atoms with E-state index in [9.17, 15) is 4.79 Å². The SMILES string of the molecule is Nc1cc(C(=O)O)ccc1N1CCCC2CCCCC21. The first-order chi connectivity index (χ1) is 9.66. The minimum atomic E-state index is -0.919.